The van der Waals surface area contributed by atoms with E-state index in [1.54, 1.807) is 26.4 Å². The summed E-state index contributed by atoms with van der Waals surface area (Å²) in [6.07, 6.45) is 0.504. The maximum Gasteiger partial charge on any atom is 0.260 e. The number of fused-ring (bicyclic) bond motifs is 1. The molecule has 1 atom stereocenters. The van der Waals surface area contributed by atoms with Gasteiger partial charge in [0.25, 0.3) is 5.91 Å². The van der Waals surface area contributed by atoms with Crippen molar-refractivity contribution in [2.24, 2.45) is 0 Å². The fraction of sp³-hybridized carbons (Fsp3) is 0.240. The Hall–Kier alpha value is -3.61. The summed E-state index contributed by atoms with van der Waals surface area (Å²) in [7, 11) is 4.66. The minimum atomic E-state index is -0.887. The van der Waals surface area contributed by atoms with Crippen molar-refractivity contribution in [1.29, 1.82) is 0 Å². The van der Waals surface area contributed by atoms with Gasteiger partial charge in [0.15, 0.2) is 11.5 Å². The number of carbonyl (C=O) groups excluding carboxylic acids is 1. The van der Waals surface area contributed by atoms with Crippen molar-refractivity contribution >= 4 is 5.91 Å². The van der Waals surface area contributed by atoms with Gasteiger partial charge in [0.2, 0.25) is 0 Å². The van der Waals surface area contributed by atoms with Crippen LogP contribution in [0.4, 0.5) is 8.78 Å². The van der Waals surface area contributed by atoms with Crippen molar-refractivity contribution in [3.05, 3.63) is 88.5 Å². The van der Waals surface area contributed by atoms with Crippen LogP contribution < -0.4 is 14.2 Å². The van der Waals surface area contributed by atoms with Crippen molar-refractivity contribution in [3.63, 3.8) is 0 Å². The number of rotatable bonds is 5. The molecular formula is C25H23F2NO4. The SMILES string of the molecule is COc1ccc([C@H]2c3cc(OC)c(OC)cc3CCN2C(=O)c2c(F)cccc2F)cc1. The van der Waals surface area contributed by atoms with E-state index in [9.17, 15) is 13.6 Å². The predicted molar refractivity (Wildman–Crippen MR) is 115 cm³/mol. The first kappa shape index (κ1) is 21.6. The van der Waals surface area contributed by atoms with E-state index >= 15 is 0 Å². The van der Waals surface area contributed by atoms with Gasteiger partial charge in [-0.25, -0.2) is 8.78 Å². The Labute approximate surface area is 185 Å². The molecule has 0 spiro atoms. The number of carbonyl (C=O) groups is 1. The van der Waals surface area contributed by atoms with Crippen LogP contribution in [0.1, 0.15) is 33.1 Å². The van der Waals surface area contributed by atoms with Crippen LogP contribution in [0, 0.1) is 11.6 Å². The summed E-state index contributed by atoms with van der Waals surface area (Å²) in [5.74, 6) is -0.726. The fourth-order valence-corrected chi connectivity index (χ4v) is 4.16. The second-order valence-electron chi connectivity index (χ2n) is 7.43. The van der Waals surface area contributed by atoms with E-state index in [-0.39, 0.29) is 6.54 Å². The van der Waals surface area contributed by atoms with Crippen LogP contribution in [0.15, 0.2) is 54.6 Å². The number of benzene rings is 3. The molecule has 0 saturated heterocycles. The van der Waals surface area contributed by atoms with E-state index in [1.807, 2.05) is 24.3 Å². The molecule has 0 aliphatic carbocycles. The van der Waals surface area contributed by atoms with Gasteiger partial charge in [0, 0.05) is 6.54 Å². The van der Waals surface area contributed by atoms with E-state index < -0.39 is 29.1 Å². The molecule has 3 aromatic carbocycles. The second kappa shape index (κ2) is 8.86. The Morgan fingerprint density at radius 2 is 1.53 bits per heavy atom. The molecule has 0 saturated carbocycles. The molecule has 0 bridgehead atoms. The third-order valence-electron chi connectivity index (χ3n) is 5.74. The molecule has 0 fully saturated rings. The van der Waals surface area contributed by atoms with Gasteiger partial charge in [0.05, 0.1) is 27.4 Å². The number of halogens is 2. The summed E-state index contributed by atoms with van der Waals surface area (Å²) in [6, 6.07) is 13.8. The van der Waals surface area contributed by atoms with Crippen LogP contribution in [0.2, 0.25) is 0 Å². The van der Waals surface area contributed by atoms with Gasteiger partial charge in [-0.05, 0) is 59.5 Å². The highest BCUT2D eigenvalue weighted by molar-refractivity contribution is 5.95. The molecule has 4 rings (SSSR count). The molecule has 1 aliphatic heterocycles. The number of ether oxygens (including phenoxy) is 3. The van der Waals surface area contributed by atoms with Crippen molar-refractivity contribution in [1.82, 2.24) is 4.90 Å². The van der Waals surface area contributed by atoms with E-state index in [0.717, 1.165) is 28.8 Å². The highest BCUT2D eigenvalue weighted by Gasteiger charge is 2.35. The normalized spacial score (nSPS) is 15.2. The summed E-state index contributed by atoms with van der Waals surface area (Å²) in [5.41, 5.74) is 2.00. The maximum atomic E-state index is 14.5. The molecular weight excluding hydrogens is 416 g/mol. The quantitative estimate of drug-likeness (QED) is 0.574. The lowest BCUT2D eigenvalue weighted by atomic mass is 9.87. The average molecular weight is 439 g/mol. The van der Waals surface area contributed by atoms with Gasteiger partial charge in [-0.1, -0.05) is 18.2 Å². The monoisotopic (exact) mass is 439 g/mol. The van der Waals surface area contributed by atoms with Crippen molar-refractivity contribution in [3.8, 4) is 17.2 Å². The van der Waals surface area contributed by atoms with Gasteiger partial charge < -0.3 is 19.1 Å². The Morgan fingerprint density at radius 1 is 0.906 bits per heavy atom. The molecule has 5 nitrogen and oxygen atoms in total. The first-order chi connectivity index (χ1) is 15.5. The van der Waals surface area contributed by atoms with E-state index in [4.69, 9.17) is 14.2 Å². The molecule has 32 heavy (non-hydrogen) atoms. The largest absolute Gasteiger partial charge is 0.497 e. The van der Waals surface area contributed by atoms with Gasteiger partial charge in [-0.2, -0.15) is 0 Å². The summed E-state index contributed by atoms with van der Waals surface area (Å²) in [4.78, 5) is 14.9. The van der Waals surface area contributed by atoms with E-state index in [1.165, 1.54) is 18.1 Å². The van der Waals surface area contributed by atoms with Gasteiger partial charge >= 0.3 is 0 Å². The number of hydrogen-bond donors (Lipinski definition) is 0. The highest BCUT2D eigenvalue weighted by atomic mass is 19.1. The summed E-state index contributed by atoms with van der Waals surface area (Å²) < 4.78 is 45.1. The van der Waals surface area contributed by atoms with Crippen LogP contribution in [-0.4, -0.2) is 38.7 Å². The molecule has 0 unspecified atom stereocenters. The van der Waals surface area contributed by atoms with Gasteiger partial charge in [-0.15, -0.1) is 0 Å². The molecule has 1 amide bonds. The molecule has 3 aromatic rings. The Kier molecular flexibility index (Phi) is 5.99. The smallest absolute Gasteiger partial charge is 0.260 e. The first-order valence-electron chi connectivity index (χ1n) is 10.1. The number of hydrogen-bond acceptors (Lipinski definition) is 4. The Bertz CT molecular complexity index is 1130. The topological polar surface area (TPSA) is 48.0 Å². The fourth-order valence-electron chi connectivity index (χ4n) is 4.16. The van der Waals surface area contributed by atoms with Crippen molar-refractivity contribution < 1.29 is 27.8 Å². The Balaban J connectivity index is 1.87. The van der Waals surface area contributed by atoms with Gasteiger partial charge in [0.1, 0.15) is 22.9 Å². The van der Waals surface area contributed by atoms with Crippen molar-refractivity contribution in [2.45, 2.75) is 12.5 Å². The minimum Gasteiger partial charge on any atom is -0.497 e. The number of nitrogens with zero attached hydrogens (tertiary/aromatic N) is 1. The first-order valence-corrected chi connectivity index (χ1v) is 10.1. The molecule has 1 heterocycles. The van der Waals surface area contributed by atoms with Crippen molar-refractivity contribution in [2.75, 3.05) is 27.9 Å². The lowest BCUT2D eigenvalue weighted by molar-refractivity contribution is 0.0684. The minimum absolute atomic E-state index is 0.284. The van der Waals surface area contributed by atoms with E-state index in [0.29, 0.717) is 23.7 Å². The molecule has 0 aromatic heterocycles. The zero-order chi connectivity index (χ0) is 22.8. The molecule has 166 valence electrons. The summed E-state index contributed by atoms with van der Waals surface area (Å²) in [6.45, 7) is 0.284. The zero-order valence-corrected chi connectivity index (χ0v) is 18.0. The zero-order valence-electron chi connectivity index (χ0n) is 18.0. The molecule has 0 N–H and O–H groups in total. The van der Waals surface area contributed by atoms with Crippen LogP contribution in [0.3, 0.4) is 0 Å². The van der Waals surface area contributed by atoms with Crippen LogP contribution in [0.25, 0.3) is 0 Å². The van der Waals surface area contributed by atoms with Crippen LogP contribution in [0.5, 0.6) is 17.2 Å². The second-order valence-corrected chi connectivity index (χ2v) is 7.43. The lowest BCUT2D eigenvalue weighted by Gasteiger charge is -2.38. The lowest BCUT2D eigenvalue weighted by Crippen LogP contribution is -2.41. The summed E-state index contributed by atoms with van der Waals surface area (Å²) >= 11 is 0. The molecule has 7 heteroatoms. The maximum absolute atomic E-state index is 14.5. The third kappa shape index (κ3) is 3.75. The standard InChI is InChI=1S/C25H23F2NO4/c1-30-17-9-7-15(8-10-17)24-18-14-22(32-3)21(31-2)13-16(18)11-12-28(24)25(29)23-19(26)5-4-6-20(23)27/h4-10,13-14,24H,11-12H2,1-3H3/t24-/m0/s1. The summed E-state index contributed by atoms with van der Waals surface area (Å²) in [5, 5.41) is 0. The highest BCUT2D eigenvalue weighted by Crippen LogP contribution is 2.42. The average Bonchev–Trinajstić information content (AvgIpc) is 2.82. The third-order valence-corrected chi connectivity index (χ3v) is 5.74. The number of methoxy groups -OCH3 is 3. The van der Waals surface area contributed by atoms with Crippen LogP contribution in [-0.2, 0) is 6.42 Å². The van der Waals surface area contributed by atoms with E-state index in [2.05, 4.69) is 0 Å². The molecule has 1 aliphatic rings. The van der Waals surface area contributed by atoms with Gasteiger partial charge in [-0.3, -0.25) is 4.79 Å². The Morgan fingerprint density at radius 3 is 2.12 bits per heavy atom. The van der Waals surface area contributed by atoms with Crippen LogP contribution >= 0.6 is 0 Å². The molecule has 0 radical (unpaired) electrons. The number of amides is 1. The predicted octanol–water partition coefficient (Wildman–Crippen LogP) is 4.78.